The molecule has 3 aromatic heterocycles. The molecular weight excluding hydrogens is 518 g/mol. The number of H-pyrrole nitrogens is 1. The van der Waals surface area contributed by atoms with Gasteiger partial charge in [-0.25, -0.2) is 19.5 Å². The van der Waals surface area contributed by atoms with Crippen molar-refractivity contribution in [2.24, 2.45) is 0 Å². The quantitative estimate of drug-likeness (QED) is 0.280. The van der Waals surface area contributed by atoms with Gasteiger partial charge < -0.3 is 15.6 Å². The van der Waals surface area contributed by atoms with E-state index in [2.05, 4.69) is 20.4 Å². The number of aromatic amines is 1. The van der Waals surface area contributed by atoms with E-state index in [1.807, 2.05) is 0 Å². The Bertz CT molecular complexity index is 1660. The monoisotopic (exact) mass is 543 g/mol. The number of nitrogens with zero attached hydrogens (tertiary/aromatic N) is 4. The largest absolute Gasteiger partial charge is 0.423 e. The Labute approximate surface area is 219 Å². The van der Waals surface area contributed by atoms with E-state index in [-0.39, 0.29) is 23.3 Å². The average Bonchev–Trinajstić information content (AvgIpc) is 3.70. The van der Waals surface area contributed by atoms with Gasteiger partial charge in [0.2, 0.25) is 0 Å². The van der Waals surface area contributed by atoms with Crippen LogP contribution in [0.1, 0.15) is 49.7 Å². The number of rotatable bonds is 8. The predicted molar refractivity (Wildman–Crippen MR) is 138 cm³/mol. The Kier molecular flexibility index (Phi) is 6.83. The third kappa shape index (κ3) is 5.47. The van der Waals surface area contributed by atoms with Crippen LogP contribution in [0, 0.1) is 5.82 Å². The van der Waals surface area contributed by atoms with Gasteiger partial charge >= 0.3 is 6.18 Å². The van der Waals surface area contributed by atoms with Crippen molar-refractivity contribution in [3.05, 3.63) is 74.4 Å². The molecule has 1 aromatic carbocycles. The molecule has 1 saturated carbocycles. The number of nitrogens with one attached hydrogen (secondary N) is 2. The summed E-state index contributed by atoms with van der Waals surface area (Å²) in [6.45, 7) is 1.92. The van der Waals surface area contributed by atoms with Crippen molar-refractivity contribution < 1.29 is 17.6 Å². The molecule has 1 aliphatic carbocycles. The fourth-order valence-electron chi connectivity index (χ4n) is 4.59. The zero-order valence-corrected chi connectivity index (χ0v) is 20.8. The summed E-state index contributed by atoms with van der Waals surface area (Å²) < 4.78 is 56.2. The van der Waals surface area contributed by atoms with Crippen LogP contribution in [0.2, 0.25) is 0 Å². The summed E-state index contributed by atoms with van der Waals surface area (Å²) in [5, 5.41) is 8.59. The highest BCUT2D eigenvalue weighted by Gasteiger charge is 2.37. The number of aryl methyl sites for hydroxylation is 1. The number of hydrogen-bond acceptors (Lipinski definition) is 7. The number of aromatic nitrogens is 5. The number of hydrogen-bond donors (Lipinski definition) is 3. The Hall–Kier alpha value is -4.29. The molecule has 0 spiro atoms. The first kappa shape index (κ1) is 26.3. The number of anilines is 2. The molecule has 1 fully saturated rings. The molecule has 0 aliphatic heterocycles. The topological polar surface area (TPSA) is 132 Å². The van der Waals surface area contributed by atoms with Crippen molar-refractivity contribution >= 4 is 22.3 Å². The van der Waals surface area contributed by atoms with Crippen LogP contribution in [0.15, 0.2) is 46.4 Å². The first-order chi connectivity index (χ1) is 18.5. The van der Waals surface area contributed by atoms with Gasteiger partial charge in [-0.2, -0.15) is 18.3 Å². The summed E-state index contributed by atoms with van der Waals surface area (Å²) in [4.78, 5) is 33.2. The molecule has 1 aliphatic rings. The van der Waals surface area contributed by atoms with Crippen molar-refractivity contribution in [2.45, 2.75) is 57.3 Å². The van der Waals surface area contributed by atoms with Gasteiger partial charge in [0.05, 0.1) is 22.8 Å². The molecule has 0 amide bonds. The Balaban J connectivity index is 1.29. The van der Waals surface area contributed by atoms with Gasteiger partial charge in [0.1, 0.15) is 17.2 Å². The van der Waals surface area contributed by atoms with E-state index in [0.717, 1.165) is 30.7 Å². The van der Waals surface area contributed by atoms with Crippen molar-refractivity contribution in [1.82, 2.24) is 24.7 Å². The zero-order valence-electron chi connectivity index (χ0n) is 20.8. The van der Waals surface area contributed by atoms with Crippen LogP contribution in [-0.4, -0.2) is 30.8 Å². The molecule has 0 saturated heterocycles. The second kappa shape index (κ2) is 10.1. The van der Waals surface area contributed by atoms with Crippen LogP contribution in [0.4, 0.5) is 29.1 Å². The number of fused-ring (bicyclic) bond motifs is 1. The molecule has 0 unspecified atom stereocenters. The number of nitrogens with two attached hydrogens (primary N) is 1. The fourth-order valence-corrected chi connectivity index (χ4v) is 4.59. The number of halogens is 4. The molecule has 13 heteroatoms. The smallest absolute Gasteiger partial charge is 0.383 e. The molecule has 9 nitrogen and oxygen atoms in total. The lowest BCUT2D eigenvalue weighted by Gasteiger charge is -2.18. The van der Waals surface area contributed by atoms with Gasteiger partial charge in [-0.3, -0.25) is 9.59 Å². The van der Waals surface area contributed by atoms with E-state index in [1.54, 1.807) is 30.5 Å². The molecular formula is C26H25F4N7O2. The highest BCUT2D eigenvalue weighted by molar-refractivity contribution is 5.86. The maximum atomic E-state index is 15.0. The molecule has 3 heterocycles. The highest BCUT2D eigenvalue weighted by Crippen LogP contribution is 2.42. The summed E-state index contributed by atoms with van der Waals surface area (Å²) >= 11 is 0. The molecule has 0 bridgehead atoms. The summed E-state index contributed by atoms with van der Waals surface area (Å²) in [6.07, 6.45) is 2.16. The summed E-state index contributed by atoms with van der Waals surface area (Å²) in [6, 6.07) is 3.90. The summed E-state index contributed by atoms with van der Waals surface area (Å²) in [7, 11) is 0. The third-order valence-electron chi connectivity index (χ3n) is 6.75. The van der Waals surface area contributed by atoms with Gasteiger partial charge in [-0.1, -0.05) is 0 Å². The zero-order chi connectivity index (χ0) is 27.9. The predicted octanol–water partition coefficient (Wildman–Crippen LogP) is 4.44. The lowest BCUT2D eigenvalue weighted by Crippen LogP contribution is -2.27. The minimum absolute atomic E-state index is 0.140. The van der Waals surface area contributed by atoms with Crippen LogP contribution >= 0.6 is 0 Å². The van der Waals surface area contributed by atoms with Gasteiger partial charge in [-0.15, -0.1) is 0 Å². The van der Waals surface area contributed by atoms with Crippen molar-refractivity contribution in [2.75, 3.05) is 11.1 Å². The maximum Gasteiger partial charge on any atom is 0.423 e. The van der Waals surface area contributed by atoms with Crippen molar-refractivity contribution in [3.63, 3.8) is 0 Å². The van der Waals surface area contributed by atoms with Gasteiger partial charge in [0.15, 0.2) is 5.82 Å². The lowest BCUT2D eigenvalue weighted by molar-refractivity contribution is -0.138. The summed E-state index contributed by atoms with van der Waals surface area (Å²) in [5.41, 5.74) is 3.56. The van der Waals surface area contributed by atoms with E-state index in [1.165, 1.54) is 10.6 Å². The van der Waals surface area contributed by atoms with Gasteiger partial charge in [-0.05, 0) is 62.1 Å². The van der Waals surface area contributed by atoms with E-state index in [9.17, 15) is 22.8 Å². The molecule has 5 rings (SSSR count). The van der Waals surface area contributed by atoms with Crippen molar-refractivity contribution in [3.8, 4) is 11.4 Å². The second-order valence-electron chi connectivity index (χ2n) is 9.72. The number of pyridine rings is 1. The number of nitrogen functional groups attached to an aromatic ring is 1. The normalized spacial score (nSPS) is 14.5. The van der Waals surface area contributed by atoms with E-state index in [0.29, 0.717) is 30.0 Å². The average molecular weight is 544 g/mol. The second-order valence-corrected chi connectivity index (χ2v) is 9.72. The first-order valence-electron chi connectivity index (χ1n) is 12.4. The minimum atomic E-state index is -4.84. The highest BCUT2D eigenvalue weighted by atomic mass is 19.4. The standard InChI is InChI=1S/C26H25F4N7O2/c1-13(34-20-12-33-36-24(38)21(20)26(28,29)30)3-2-7-37-8-6-15-9-17(19(27)10-16(15)25(37)39)23-32-11-18(14-4-5-14)22(31)35-23/h6,8-14H,2-5,7H2,1H3,(H2,31,32,35)(H2,34,36,38)/t13-/m0/s1. The minimum Gasteiger partial charge on any atom is -0.383 e. The number of benzene rings is 1. The molecule has 1 atom stereocenters. The Morgan fingerprint density at radius 2 is 2.00 bits per heavy atom. The van der Waals surface area contributed by atoms with Crippen LogP contribution < -0.4 is 22.2 Å². The van der Waals surface area contributed by atoms with Crippen LogP contribution in [0.3, 0.4) is 0 Å². The molecule has 4 aromatic rings. The Morgan fingerprint density at radius 3 is 2.69 bits per heavy atom. The first-order valence-corrected chi connectivity index (χ1v) is 12.4. The molecule has 4 N–H and O–H groups in total. The SMILES string of the molecule is C[C@@H](CCCn1ccc2cc(-c3ncc(C4CC4)c(N)n3)c(F)cc2c1=O)Nc1cn[nH]c(=O)c1C(F)(F)F. The third-order valence-corrected chi connectivity index (χ3v) is 6.75. The lowest BCUT2D eigenvalue weighted by atomic mass is 10.1. The van der Waals surface area contributed by atoms with Crippen molar-refractivity contribution in [1.29, 1.82) is 0 Å². The van der Waals surface area contributed by atoms with E-state index < -0.39 is 40.4 Å². The number of alkyl halides is 3. The van der Waals surface area contributed by atoms with E-state index >= 15 is 4.39 Å². The van der Waals surface area contributed by atoms with Crippen LogP contribution in [-0.2, 0) is 12.7 Å². The molecule has 39 heavy (non-hydrogen) atoms. The van der Waals surface area contributed by atoms with Gasteiger partial charge in [0, 0.05) is 30.5 Å². The van der Waals surface area contributed by atoms with Crippen LogP contribution in [0.5, 0.6) is 0 Å². The molecule has 204 valence electrons. The van der Waals surface area contributed by atoms with Gasteiger partial charge in [0.25, 0.3) is 11.1 Å². The summed E-state index contributed by atoms with van der Waals surface area (Å²) in [5.74, 6) is 0.174. The van der Waals surface area contributed by atoms with E-state index in [4.69, 9.17) is 5.73 Å². The molecule has 0 radical (unpaired) electrons. The maximum absolute atomic E-state index is 15.0. The Morgan fingerprint density at radius 1 is 1.23 bits per heavy atom. The van der Waals surface area contributed by atoms with Crippen LogP contribution in [0.25, 0.3) is 22.2 Å². The fraction of sp³-hybridized carbons (Fsp3) is 0.346.